The van der Waals surface area contributed by atoms with Crippen molar-refractivity contribution in [1.82, 2.24) is 10.2 Å². The van der Waals surface area contributed by atoms with E-state index in [4.69, 9.17) is 4.74 Å². The second-order valence-electron chi connectivity index (χ2n) is 5.05. The molecule has 1 saturated heterocycles. The topological polar surface area (TPSA) is 33.7 Å². The second-order valence-corrected chi connectivity index (χ2v) is 5.05. The molecule has 1 N–H and O–H groups in total. The van der Waals surface area contributed by atoms with E-state index in [2.05, 4.69) is 21.9 Å². The lowest BCUT2D eigenvalue weighted by atomic mass is 10.0. The molecule has 2 aliphatic rings. The predicted octanol–water partition coefficient (Wildman–Crippen LogP) is 2.36. The Hall–Kier alpha value is -1.40. The Balaban J connectivity index is 1.91. The van der Waals surface area contributed by atoms with E-state index in [1.165, 1.54) is 6.07 Å². The molecular weight excluding hydrogens is 266 g/mol. The predicted molar refractivity (Wildman–Crippen MR) is 70.1 cm³/mol. The van der Waals surface area contributed by atoms with Crippen LogP contribution in [-0.2, 0) is 0 Å². The van der Waals surface area contributed by atoms with Gasteiger partial charge in [0.25, 0.3) is 0 Å². The van der Waals surface area contributed by atoms with E-state index >= 15 is 0 Å². The van der Waals surface area contributed by atoms with Crippen LogP contribution in [0.25, 0.3) is 0 Å². The van der Waals surface area contributed by atoms with Crippen LogP contribution in [0.5, 0.6) is 11.5 Å². The molecule has 0 radical (unpaired) electrons. The van der Waals surface area contributed by atoms with Crippen molar-refractivity contribution in [2.45, 2.75) is 25.7 Å². The van der Waals surface area contributed by atoms with Gasteiger partial charge in [-0.1, -0.05) is 19.1 Å². The maximum absolute atomic E-state index is 13.3. The number of benzene rings is 1. The van der Waals surface area contributed by atoms with Gasteiger partial charge < -0.3 is 14.8 Å². The number of hydrogen-bond donors (Lipinski definition) is 1. The van der Waals surface area contributed by atoms with E-state index in [1.54, 1.807) is 6.07 Å². The van der Waals surface area contributed by atoms with Crippen LogP contribution in [0.1, 0.15) is 24.9 Å². The van der Waals surface area contributed by atoms with Gasteiger partial charge in [0.1, 0.15) is 0 Å². The lowest BCUT2D eigenvalue weighted by Gasteiger charge is -2.35. The van der Waals surface area contributed by atoms with Crippen LogP contribution >= 0.6 is 0 Å². The third-order valence-corrected chi connectivity index (χ3v) is 3.80. The Morgan fingerprint density at radius 3 is 2.75 bits per heavy atom. The molecule has 2 aliphatic heterocycles. The molecule has 1 atom stereocenters. The quantitative estimate of drug-likeness (QED) is 0.924. The lowest BCUT2D eigenvalue weighted by molar-refractivity contribution is -0.287. The molecule has 0 spiro atoms. The molecule has 20 heavy (non-hydrogen) atoms. The van der Waals surface area contributed by atoms with Gasteiger partial charge in [-0.25, -0.2) is 0 Å². The fourth-order valence-electron chi connectivity index (χ4n) is 2.92. The zero-order valence-corrected chi connectivity index (χ0v) is 11.4. The molecule has 0 saturated carbocycles. The van der Waals surface area contributed by atoms with Gasteiger partial charge >= 0.3 is 6.29 Å². The van der Waals surface area contributed by atoms with Crippen molar-refractivity contribution in [3.63, 3.8) is 0 Å². The van der Waals surface area contributed by atoms with Gasteiger partial charge in [0, 0.05) is 37.8 Å². The third kappa shape index (κ3) is 2.45. The highest BCUT2D eigenvalue weighted by atomic mass is 19.3. The van der Waals surface area contributed by atoms with Gasteiger partial charge in [-0.3, -0.25) is 4.90 Å². The van der Waals surface area contributed by atoms with E-state index in [1.807, 2.05) is 6.07 Å². The molecule has 3 rings (SSSR count). The zero-order valence-electron chi connectivity index (χ0n) is 11.4. The number of hydrogen-bond acceptors (Lipinski definition) is 4. The van der Waals surface area contributed by atoms with E-state index in [-0.39, 0.29) is 17.5 Å². The molecule has 1 aromatic rings. The summed E-state index contributed by atoms with van der Waals surface area (Å²) in [5, 5.41) is 3.29. The summed E-state index contributed by atoms with van der Waals surface area (Å²) >= 11 is 0. The summed E-state index contributed by atoms with van der Waals surface area (Å²) in [6.07, 6.45) is -2.72. The van der Waals surface area contributed by atoms with Gasteiger partial charge in [0.15, 0.2) is 11.5 Å². The average Bonchev–Trinajstić information content (AvgIpc) is 2.75. The van der Waals surface area contributed by atoms with Gasteiger partial charge in [-0.2, -0.15) is 0 Å². The first-order chi connectivity index (χ1) is 9.61. The fraction of sp³-hybridized carbons (Fsp3) is 0.571. The smallest absolute Gasteiger partial charge is 0.395 e. The molecule has 1 fully saturated rings. The molecule has 1 aromatic carbocycles. The minimum Gasteiger partial charge on any atom is -0.395 e. The Morgan fingerprint density at radius 1 is 1.30 bits per heavy atom. The highest BCUT2D eigenvalue weighted by Gasteiger charge is 2.45. The van der Waals surface area contributed by atoms with Crippen molar-refractivity contribution >= 4 is 0 Å². The number of ether oxygens (including phenoxy) is 2. The number of piperazine rings is 1. The summed E-state index contributed by atoms with van der Waals surface area (Å²) in [5.74, 6) is 0.309. The highest BCUT2D eigenvalue weighted by Crippen LogP contribution is 2.46. The number of nitrogens with one attached hydrogen (secondary N) is 1. The Bertz CT molecular complexity index is 490. The van der Waals surface area contributed by atoms with Crippen molar-refractivity contribution in [2.24, 2.45) is 0 Å². The SMILES string of the molecule is CC[C@H](c1cccc2c1OC(F)(F)O2)N1CCNCC1. The molecular formula is C14H18F2N2O2. The van der Waals surface area contributed by atoms with E-state index in [0.29, 0.717) is 0 Å². The molecule has 0 unspecified atom stereocenters. The highest BCUT2D eigenvalue weighted by molar-refractivity contribution is 5.50. The lowest BCUT2D eigenvalue weighted by Crippen LogP contribution is -2.45. The Labute approximate surface area is 116 Å². The summed E-state index contributed by atoms with van der Waals surface area (Å²) in [5.41, 5.74) is 0.782. The van der Waals surface area contributed by atoms with Crippen LogP contribution in [0.15, 0.2) is 18.2 Å². The molecule has 110 valence electrons. The van der Waals surface area contributed by atoms with Crippen molar-refractivity contribution in [3.05, 3.63) is 23.8 Å². The number of rotatable bonds is 3. The van der Waals surface area contributed by atoms with Crippen LogP contribution in [0.2, 0.25) is 0 Å². The average molecular weight is 284 g/mol. The summed E-state index contributed by atoms with van der Waals surface area (Å²) < 4.78 is 35.7. The summed E-state index contributed by atoms with van der Waals surface area (Å²) in [6, 6.07) is 5.18. The summed E-state index contributed by atoms with van der Waals surface area (Å²) in [7, 11) is 0. The molecule has 0 aromatic heterocycles. The van der Waals surface area contributed by atoms with E-state index in [9.17, 15) is 8.78 Å². The first-order valence-corrected chi connectivity index (χ1v) is 6.94. The third-order valence-electron chi connectivity index (χ3n) is 3.80. The molecule has 4 nitrogen and oxygen atoms in total. The van der Waals surface area contributed by atoms with Crippen molar-refractivity contribution in [1.29, 1.82) is 0 Å². The Kier molecular flexibility index (Phi) is 3.52. The molecule has 2 heterocycles. The number of alkyl halides is 2. The minimum atomic E-state index is -3.56. The molecule has 6 heteroatoms. The maximum Gasteiger partial charge on any atom is 0.586 e. The number of para-hydroxylation sites is 1. The van der Waals surface area contributed by atoms with Crippen LogP contribution in [0.3, 0.4) is 0 Å². The van der Waals surface area contributed by atoms with Crippen molar-refractivity contribution in [3.8, 4) is 11.5 Å². The van der Waals surface area contributed by atoms with Gasteiger partial charge in [-0.15, -0.1) is 8.78 Å². The van der Waals surface area contributed by atoms with Crippen LogP contribution in [-0.4, -0.2) is 37.4 Å². The standard InChI is InChI=1S/C14H18F2N2O2/c1-2-11(18-8-6-17-7-9-18)10-4-3-5-12-13(10)20-14(15,16)19-12/h3-5,11,17H,2,6-9H2,1H3/t11-/m1/s1. The monoisotopic (exact) mass is 284 g/mol. The molecule has 0 amide bonds. The first kappa shape index (κ1) is 13.6. The van der Waals surface area contributed by atoms with Crippen LogP contribution < -0.4 is 14.8 Å². The van der Waals surface area contributed by atoms with E-state index in [0.717, 1.165) is 38.2 Å². The fourth-order valence-corrected chi connectivity index (χ4v) is 2.92. The summed E-state index contributed by atoms with van der Waals surface area (Å²) in [4.78, 5) is 2.30. The zero-order chi connectivity index (χ0) is 14.2. The van der Waals surface area contributed by atoms with Gasteiger partial charge in [-0.05, 0) is 12.5 Å². The maximum atomic E-state index is 13.3. The summed E-state index contributed by atoms with van der Waals surface area (Å²) in [6.45, 7) is 5.69. The van der Waals surface area contributed by atoms with Gasteiger partial charge in [0.2, 0.25) is 0 Å². The normalized spacial score (nSPS) is 22.8. The first-order valence-electron chi connectivity index (χ1n) is 6.94. The van der Waals surface area contributed by atoms with E-state index < -0.39 is 6.29 Å². The van der Waals surface area contributed by atoms with Crippen LogP contribution in [0, 0.1) is 0 Å². The molecule has 0 aliphatic carbocycles. The molecule has 0 bridgehead atoms. The van der Waals surface area contributed by atoms with Gasteiger partial charge in [0.05, 0.1) is 0 Å². The van der Waals surface area contributed by atoms with Crippen molar-refractivity contribution < 1.29 is 18.3 Å². The minimum absolute atomic E-state index is 0.0737. The number of halogens is 2. The van der Waals surface area contributed by atoms with Crippen molar-refractivity contribution in [2.75, 3.05) is 26.2 Å². The Morgan fingerprint density at radius 2 is 2.05 bits per heavy atom. The number of nitrogens with zero attached hydrogens (tertiary/aromatic N) is 1. The number of fused-ring (bicyclic) bond motifs is 1. The largest absolute Gasteiger partial charge is 0.586 e. The second kappa shape index (κ2) is 5.18. The van der Waals surface area contributed by atoms with Crippen LogP contribution in [0.4, 0.5) is 8.78 Å².